The number of hydrogen-bond acceptors (Lipinski definition) is 2. The molecule has 1 heterocycles. The van der Waals surface area contributed by atoms with E-state index < -0.39 is 0 Å². The molecule has 3 nitrogen and oxygen atoms in total. The number of rotatable bonds is 2. The molecule has 0 fully saturated rings. The van der Waals surface area contributed by atoms with Gasteiger partial charge in [0.1, 0.15) is 0 Å². The highest BCUT2D eigenvalue weighted by atomic mass is 35.5. The molecule has 0 atom stereocenters. The Kier molecular flexibility index (Phi) is 3.59. The van der Waals surface area contributed by atoms with Gasteiger partial charge in [0.2, 0.25) is 0 Å². The monoisotopic (exact) mass is 311 g/mol. The maximum absolute atomic E-state index is 12.9. The standard InChI is InChI=1S/C18H14ClNO2/c1-11-7-8-13(9-16(11)19)18(22)20-12(2)15(10-21)14-5-3-4-6-17(14)20/h3-10H,1-2H3. The summed E-state index contributed by atoms with van der Waals surface area (Å²) in [5.74, 6) is -0.191. The van der Waals surface area contributed by atoms with Gasteiger partial charge in [0.25, 0.3) is 5.91 Å². The molecule has 0 aliphatic carbocycles. The molecule has 0 saturated carbocycles. The van der Waals surface area contributed by atoms with Crippen molar-refractivity contribution in [2.24, 2.45) is 0 Å². The van der Waals surface area contributed by atoms with Crippen LogP contribution in [0.25, 0.3) is 10.9 Å². The molecule has 0 radical (unpaired) electrons. The molecule has 3 rings (SSSR count). The summed E-state index contributed by atoms with van der Waals surface area (Å²) in [6.45, 7) is 3.66. The molecule has 0 aliphatic rings. The van der Waals surface area contributed by atoms with Crippen molar-refractivity contribution >= 4 is 34.7 Å². The highest BCUT2D eigenvalue weighted by Gasteiger charge is 2.19. The second kappa shape index (κ2) is 5.43. The maximum atomic E-state index is 12.9. The third kappa shape index (κ3) is 2.14. The third-order valence-corrected chi connectivity index (χ3v) is 4.31. The number of nitrogens with zero attached hydrogens (tertiary/aromatic N) is 1. The molecular formula is C18H14ClNO2. The number of carbonyl (C=O) groups excluding carboxylic acids is 2. The molecule has 0 amide bonds. The Balaban J connectivity index is 2.25. The Morgan fingerprint density at radius 2 is 1.86 bits per heavy atom. The lowest BCUT2D eigenvalue weighted by Crippen LogP contribution is -2.13. The van der Waals surface area contributed by atoms with Gasteiger partial charge in [-0.25, -0.2) is 0 Å². The molecule has 110 valence electrons. The van der Waals surface area contributed by atoms with Crippen LogP contribution in [0, 0.1) is 13.8 Å². The van der Waals surface area contributed by atoms with E-state index in [0.29, 0.717) is 21.8 Å². The van der Waals surface area contributed by atoms with Gasteiger partial charge in [0, 0.05) is 27.2 Å². The van der Waals surface area contributed by atoms with Gasteiger partial charge in [-0.3, -0.25) is 14.2 Å². The van der Waals surface area contributed by atoms with Crippen molar-refractivity contribution < 1.29 is 9.59 Å². The van der Waals surface area contributed by atoms with Crippen LogP contribution in [-0.4, -0.2) is 16.8 Å². The van der Waals surface area contributed by atoms with Gasteiger partial charge in [0.05, 0.1) is 5.52 Å². The van der Waals surface area contributed by atoms with E-state index in [1.807, 2.05) is 37.3 Å². The van der Waals surface area contributed by atoms with Crippen molar-refractivity contribution in [2.75, 3.05) is 0 Å². The molecule has 0 unspecified atom stereocenters. The molecule has 22 heavy (non-hydrogen) atoms. The summed E-state index contributed by atoms with van der Waals surface area (Å²) in [7, 11) is 0. The number of aryl methyl sites for hydroxylation is 1. The second-order valence-corrected chi connectivity index (χ2v) is 5.65. The van der Waals surface area contributed by atoms with Crippen LogP contribution < -0.4 is 0 Å². The number of aromatic nitrogens is 1. The number of benzene rings is 2. The van der Waals surface area contributed by atoms with E-state index in [-0.39, 0.29) is 5.91 Å². The normalized spacial score (nSPS) is 10.9. The molecule has 0 spiro atoms. The van der Waals surface area contributed by atoms with Crippen LogP contribution >= 0.6 is 11.6 Å². The molecule has 2 aromatic carbocycles. The molecule has 0 saturated heterocycles. The van der Waals surface area contributed by atoms with Crippen LogP contribution in [0.2, 0.25) is 5.02 Å². The van der Waals surface area contributed by atoms with Crippen LogP contribution in [0.4, 0.5) is 0 Å². The molecule has 0 N–H and O–H groups in total. The number of para-hydroxylation sites is 1. The molecule has 4 heteroatoms. The number of fused-ring (bicyclic) bond motifs is 1. The van der Waals surface area contributed by atoms with Crippen molar-refractivity contribution in [3.63, 3.8) is 0 Å². The van der Waals surface area contributed by atoms with E-state index in [1.54, 1.807) is 23.6 Å². The number of aldehydes is 1. The summed E-state index contributed by atoms with van der Waals surface area (Å²) in [6, 6.07) is 12.6. The molecule has 1 aromatic heterocycles. The Morgan fingerprint density at radius 3 is 2.55 bits per heavy atom. The predicted molar refractivity (Wildman–Crippen MR) is 88.0 cm³/mol. The zero-order valence-corrected chi connectivity index (χ0v) is 13.0. The molecule has 0 bridgehead atoms. The fourth-order valence-electron chi connectivity index (χ4n) is 2.66. The lowest BCUT2D eigenvalue weighted by Gasteiger charge is -2.08. The lowest BCUT2D eigenvalue weighted by molar-refractivity contribution is 0.0963. The first-order valence-electron chi connectivity index (χ1n) is 6.90. The van der Waals surface area contributed by atoms with Crippen molar-refractivity contribution in [3.05, 3.63) is 69.9 Å². The zero-order chi connectivity index (χ0) is 15.9. The van der Waals surface area contributed by atoms with Gasteiger partial charge in [-0.2, -0.15) is 0 Å². The van der Waals surface area contributed by atoms with Crippen molar-refractivity contribution in [1.29, 1.82) is 0 Å². The smallest absolute Gasteiger partial charge is 0.262 e. The first-order valence-corrected chi connectivity index (χ1v) is 7.28. The summed E-state index contributed by atoms with van der Waals surface area (Å²) in [4.78, 5) is 24.2. The summed E-state index contributed by atoms with van der Waals surface area (Å²) < 4.78 is 1.57. The largest absolute Gasteiger partial charge is 0.298 e. The lowest BCUT2D eigenvalue weighted by atomic mass is 10.1. The topological polar surface area (TPSA) is 39.1 Å². The summed E-state index contributed by atoms with van der Waals surface area (Å²) in [5.41, 5.74) is 3.32. The minimum Gasteiger partial charge on any atom is -0.298 e. The van der Waals surface area contributed by atoms with E-state index in [0.717, 1.165) is 22.8 Å². The van der Waals surface area contributed by atoms with Gasteiger partial charge in [-0.1, -0.05) is 35.9 Å². The summed E-state index contributed by atoms with van der Waals surface area (Å²) in [6.07, 6.45) is 0.795. The van der Waals surface area contributed by atoms with Crippen LogP contribution in [-0.2, 0) is 0 Å². The number of carbonyl (C=O) groups is 2. The highest BCUT2D eigenvalue weighted by molar-refractivity contribution is 6.31. The molecule has 0 aliphatic heterocycles. The Labute approximate surface area is 133 Å². The van der Waals surface area contributed by atoms with Gasteiger partial charge in [-0.15, -0.1) is 0 Å². The molecule has 3 aromatic rings. The van der Waals surface area contributed by atoms with Gasteiger partial charge >= 0.3 is 0 Å². The van der Waals surface area contributed by atoms with Crippen molar-refractivity contribution in [1.82, 2.24) is 4.57 Å². The minimum absolute atomic E-state index is 0.191. The number of hydrogen-bond donors (Lipinski definition) is 0. The average Bonchev–Trinajstić information content (AvgIpc) is 2.80. The van der Waals surface area contributed by atoms with Crippen molar-refractivity contribution in [3.8, 4) is 0 Å². The van der Waals surface area contributed by atoms with Gasteiger partial charge in [-0.05, 0) is 37.6 Å². The van der Waals surface area contributed by atoms with E-state index >= 15 is 0 Å². The Bertz CT molecular complexity index is 909. The van der Waals surface area contributed by atoms with E-state index in [9.17, 15) is 9.59 Å². The predicted octanol–water partition coefficient (Wildman–Crippen LogP) is 4.41. The van der Waals surface area contributed by atoms with Crippen LogP contribution in [0.1, 0.15) is 32.0 Å². The Hall–Kier alpha value is -2.39. The average molecular weight is 312 g/mol. The van der Waals surface area contributed by atoms with Crippen LogP contribution in [0.3, 0.4) is 0 Å². The first-order chi connectivity index (χ1) is 10.5. The van der Waals surface area contributed by atoms with Crippen LogP contribution in [0.15, 0.2) is 42.5 Å². The van der Waals surface area contributed by atoms with Gasteiger partial charge < -0.3 is 0 Å². The number of halogens is 1. The SMILES string of the molecule is Cc1ccc(C(=O)n2c(C)c(C=O)c3ccccc32)cc1Cl. The first kappa shape index (κ1) is 14.5. The maximum Gasteiger partial charge on any atom is 0.262 e. The summed E-state index contributed by atoms with van der Waals surface area (Å²) >= 11 is 6.12. The third-order valence-electron chi connectivity index (χ3n) is 3.90. The summed E-state index contributed by atoms with van der Waals surface area (Å²) in [5, 5.41) is 1.33. The van der Waals surface area contributed by atoms with Crippen LogP contribution in [0.5, 0.6) is 0 Å². The minimum atomic E-state index is -0.191. The Morgan fingerprint density at radius 1 is 1.14 bits per heavy atom. The quantitative estimate of drug-likeness (QED) is 0.657. The fraction of sp³-hybridized carbons (Fsp3) is 0.111. The van der Waals surface area contributed by atoms with E-state index in [1.165, 1.54) is 0 Å². The molecular weight excluding hydrogens is 298 g/mol. The van der Waals surface area contributed by atoms with E-state index in [4.69, 9.17) is 11.6 Å². The fourth-order valence-corrected chi connectivity index (χ4v) is 2.84. The van der Waals surface area contributed by atoms with Gasteiger partial charge in [0.15, 0.2) is 6.29 Å². The van der Waals surface area contributed by atoms with E-state index in [2.05, 4.69) is 0 Å². The highest BCUT2D eigenvalue weighted by Crippen LogP contribution is 2.26. The van der Waals surface area contributed by atoms with Crippen molar-refractivity contribution in [2.45, 2.75) is 13.8 Å². The zero-order valence-electron chi connectivity index (χ0n) is 12.3. The second-order valence-electron chi connectivity index (χ2n) is 5.24.